The van der Waals surface area contributed by atoms with Gasteiger partial charge in [-0.2, -0.15) is 0 Å². The lowest BCUT2D eigenvalue weighted by Gasteiger charge is -2.34. The molecule has 7 heteroatoms. The van der Waals surface area contributed by atoms with Crippen LogP contribution in [0.15, 0.2) is 24.3 Å². The van der Waals surface area contributed by atoms with Crippen molar-refractivity contribution >= 4 is 24.3 Å². The fourth-order valence-electron chi connectivity index (χ4n) is 2.34. The lowest BCUT2D eigenvalue weighted by atomic mass is 10.1. The molecule has 1 aliphatic heterocycles. The smallest absolute Gasteiger partial charge is 0.304 e. The van der Waals surface area contributed by atoms with Gasteiger partial charge in [-0.3, -0.25) is 14.5 Å². The lowest BCUT2D eigenvalue weighted by Crippen LogP contribution is -2.49. The molecule has 1 aromatic rings. The van der Waals surface area contributed by atoms with Crippen LogP contribution < -0.4 is 4.74 Å². The number of rotatable bonds is 5. The van der Waals surface area contributed by atoms with Crippen molar-refractivity contribution in [2.75, 3.05) is 39.8 Å². The van der Waals surface area contributed by atoms with Crippen LogP contribution in [0.1, 0.15) is 16.8 Å². The Morgan fingerprint density at radius 3 is 2.23 bits per heavy atom. The van der Waals surface area contributed by atoms with Gasteiger partial charge in [0.05, 0.1) is 13.5 Å². The number of aliphatic carboxylic acids is 1. The highest BCUT2D eigenvalue weighted by Crippen LogP contribution is 2.14. The second kappa shape index (κ2) is 8.60. The lowest BCUT2D eigenvalue weighted by molar-refractivity contribution is -0.137. The SMILES string of the molecule is COc1ccc(C(=O)N2CCN(CCC(=O)O)CC2)cc1.Cl. The van der Waals surface area contributed by atoms with Crippen LogP contribution in [-0.2, 0) is 4.79 Å². The standard InChI is InChI=1S/C15H20N2O4.ClH/c1-21-13-4-2-12(3-5-13)15(20)17-10-8-16(9-11-17)7-6-14(18)19;/h2-5H,6-11H2,1H3,(H,18,19);1H. The number of methoxy groups -OCH3 is 1. The van der Waals surface area contributed by atoms with Crippen molar-refractivity contribution in [1.29, 1.82) is 0 Å². The summed E-state index contributed by atoms with van der Waals surface area (Å²) in [6, 6.07) is 7.07. The molecule has 1 amide bonds. The maximum Gasteiger partial charge on any atom is 0.304 e. The summed E-state index contributed by atoms with van der Waals surface area (Å²) >= 11 is 0. The molecule has 1 fully saturated rings. The molecular formula is C15H21ClN2O4. The molecule has 1 aromatic carbocycles. The summed E-state index contributed by atoms with van der Waals surface area (Å²) in [5.41, 5.74) is 0.648. The molecule has 1 N–H and O–H groups in total. The average molecular weight is 329 g/mol. The average Bonchev–Trinajstić information content (AvgIpc) is 2.53. The summed E-state index contributed by atoms with van der Waals surface area (Å²) in [5, 5.41) is 8.67. The highest BCUT2D eigenvalue weighted by molar-refractivity contribution is 5.94. The van der Waals surface area contributed by atoms with Crippen molar-refractivity contribution in [3.8, 4) is 5.75 Å². The molecule has 1 aliphatic rings. The monoisotopic (exact) mass is 328 g/mol. The van der Waals surface area contributed by atoms with Gasteiger partial charge in [-0.05, 0) is 24.3 Å². The molecule has 0 atom stereocenters. The van der Waals surface area contributed by atoms with Gasteiger partial charge in [-0.25, -0.2) is 0 Å². The number of carbonyl (C=O) groups excluding carboxylic acids is 1. The Balaban J connectivity index is 0.00000242. The first kappa shape index (κ1) is 18.3. The van der Waals surface area contributed by atoms with Gasteiger partial charge in [0.1, 0.15) is 5.75 Å². The zero-order valence-corrected chi connectivity index (χ0v) is 13.3. The van der Waals surface area contributed by atoms with Gasteiger partial charge in [0.25, 0.3) is 5.91 Å². The van der Waals surface area contributed by atoms with E-state index in [2.05, 4.69) is 4.90 Å². The molecule has 0 saturated carbocycles. The van der Waals surface area contributed by atoms with Crippen LogP contribution in [0.5, 0.6) is 5.75 Å². The van der Waals surface area contributed by atoms with Crippen molar-refractivity contribution in [3.63, 3.8) is 0 Å². The minimum atomic E-state index is -0.785. The van der Waals surface area contributed by atoms with E-state index < -0.39 is 5.97 Å². The third-order valence-electron chi connectivity index (χ3n) is 3.64. The number of benzene rings is 1. The molecule has 122 valence electrons. The number of nitrogens with zero attached hydrogens (tertiary/aromatic N) is 2. The van der Waals surface area contributed by atoms with Gasteiger partial charge < -0.3 is 14.7 Å². The molecule has 0 radical (unpaired) electrons. The quantitative estimate of drug-likeness (QED) is 0.883. The number of hydrogen-bond acceptors (Lipinski definition) is 4. The van der Waals surface area contributed by atoms with Crippen LogP contribution in [0.2, 0.25) is 0 Å². The van der Waals surface area contributed by atoms with Crippen molar-refractivity contribution < 1.29 is 19.4 Å². The van der Waals surface area contributed by atoms with Crippen LogP contribution in [0.25, 0.3) is 0 Å². The maximum absolute atomic E-state index is 12.3. The van der Waals surface area contributed by atoms with Crippen molar-refractivity contribution in [2.24, 2.45) is 0 Å². The maximum atomic E-state index is 12.3. The number of hydrogen-bond donors (Lipinski definition) is 1. The summed E-state index contributed by atoms with van der Waals surface area (Å²) in [7, 11) is 1.59. The first-order chi connectivity index (χ1) is 10.1. The number of amides is 1. The highest BCUT2D eigenvalue weighted by atomic mass is 35.5. The van der Waals surface area contributed by atoms with Gasteiger partial charge in [-0.1, -0.05) is 0 Å². The van der Waals surface area contributed by atoms with Gasteiger partial charge in [0.15, 0.2) is 0 Å². The molecule has 1 saturated heterocycles. The number of carboxylic acid groups (broad SMARTS) is 1. The Labute approximate surface area is 136 Å². The van der Waals surface area contributed by atoms with E-state index in [1.807, 2.05) is 0 Å². The topological polar surface area (TPSA) is 70.1 Å². The van der Waals surface area contributed by atoms with E-state index in [9.17, 15) is 9.59 Å². The van der Waals surface area contributed by atoms with Crippen molar-refractivity contribution in [2.45, 2.75) is 6.42 Å². The number of piperazine rings is 1. The van der Waals surface area contributed by atoms with E-state index in [0.717, 1.165) is 18.8 Å². The van der Waals surface area contributed by atoms with E-state index in [1.165, 1.54) is 0 Å². The Bertz CT molecular complexity index is 499. The summed E-state index contributed by atoms with van der Waals surface area (Å²) in [5.74, 6) is -0.0488. The predicted molar refractivity (Wildman–Crippen MR) is 84.8 cm³/mol. The molecular weight excluding hydrogens is 308 g/mol. The fraction of sp³-hybridized carbons (Fsp3) is 0.467. The minimum absolute atomic E-state index is 0. The number of carbonyl (C=O) groups is 2. The van der Waals surface area contributed by atoms with Crippen molar-refractivity contribution in [1.82, 2.24) is 9.80 Å². The van der Waals surface area contributed by atoms with E-state index in [-0.39, 0.29) is 24.7 Å². The molecule has 0 spiro atoms. The summed E-state index contributed by atoms with van der Waals surface area (Å²) < 4.78 is 5.08. The van der Waals surface area contributed by atoms with Crippen LogP contribution in [0, 0.1) is 0 Å². The summed E-state index contributed by atoms with van der Waals surface area (Å²) in [6.07, 6.45) is 0.145. The molecule has 0 unspecified atom stereocenters. The second-order valence-corrected chi connectivity index (χ2v) is 5.01. The molecule has 0 aliphatic carbocycles. The van der Waals surface area contributed by atoms with Crippen LogP contribution in [0.4, 0.5) is 0 Å². The first-order valence-electron chi connectivity index (χ1n) is 6.97. The Kier molecular flexibility index (Phi) is 7.14. The molecule has 22 heavy (non-hydrogen) atoms. The normalized spacial score (nSPS) is 15.0. The van der Waals surface area contributed by atoms with Gasteiger partial charge in [0, 0.05) is 38.3 Å². The van der Waals surface area contributed by atoms with E-state index in [4.69, 9.17) is 9.84 Å². The Hall–Kier alpha value is -1.79. The van der Waals surface area contributed by atoms with Crippen LogP contribution in [0.3, 0.4) is 0 Å². The molecule has 6 nitrogen and oxygen atoms in total. The molecule has 2 rings (SSSR count). The zero-order valence-electron chi connectivity index (χ0n) is 12.5. The van der Waals surface area contributed by atoms with Gasteiger partial charge in [0.2, 0.25) is 0 Å². The van der Waals surface area contributed by atoms with E-state index in [0.29, 0.717) is 25.2 Å². The minimum Gasteiger partial charge on any atom is -0.497 e. The fourth-order valence-corrected chi connectivity index (χ4v) is 2.34. The summed E-state index contributed by atoms with van der Waals surface area (Å²) in [4.78, 5) is 26.8. The van der Waals surface area contributed by atoms with Gasteiger partial charge >= 0.3 is 5.97 Å². The highest BCUT2D eigenvalue weighted by Gasteiger charge is 2.22. The molecule has 0 aromatic heterocycles. The molecule has 0 bridgehead atoms. The molecule has 1 heterocycles. The number of carboxylic acids is 1. The van der Waals surface area contributed by atoms with E-state index in [1.54, 1.807) is 36.3 Å². The zero-order chi connectivity index (χ0) is 15.2. The predicted octanol–water partition coefficient (Wildman–Crippen LogP) is 1.35. The second-order valence-electron chi connectivity index (χ2n) is 5.01. The Morgan fingerprint density at radius 1 is 1.14 bits per heavy atom. The first-order valence-corrected chi connectivity index (χ1v) is 6.97. The van der Waals surface area contributed by atoms with Crippen molar-refractivity contribution in [3.05, 3.63) is 29.8 Å². The van der Waals surface area contributed by atoms with Crippen LogP contribution in [-0.4, -0.2) is 66.6 Å². The Morgan fingerprint density at radius 2 is 1.73 bits per heavy atom. The summed E-state index contributed by atoms with van der Waals surface area (Å²) in [6.45, 7) is 3.24. The third-order valence-corrected chi connectivity index (χ3v) is 3.64. The number of halogens is 1. The third kappa shape index (κ3) is 4.89. The van der Waals surface area contributed by atoms with Gasteiger partial charge in [-0.15, -0.1) is 12.4 Å². The van der Waals surface area contributed by atoms with E-state index >= 15 is 0 Å². The number of ether oxygens (including phenoxy) is 1. The largest absolute Gasteiger partial charge is 0.497 e. The van der Waals surface area contributed by atoms with Crippen LogP contribution >= 0.6 is 12.4 Å².